The van der Waals surface area contributed by atoms with E-state index in [-0.39, 0.29) is 28.7 Å². The summed E-state index contributed by atoms with van der Waals surface area (Å²) in [7, 11) is 7.35. The molecule has 4 rings (SSSR count). The van der Waals surface area contributed by atoms with Crippen LogP contribution in [0.4, 0.5) is 28.9 Å². The predicted octanol–water partition coefficient (Wildman–Crippen LogP) is 6.09. The number of rotatable bonds is 6. The minimum Gasteiger partial charge on any atom is -0.378 e. The lowest BCUT2D eigenvalue weighted by Crippen LogP contribution is -2.09. The zero-order chi connectivity index (χ0) is 25.3. The van der Waals surface area contributed by atoms with Gasteiger partial charge in [-0.05, 0) is 47.5 Å². The first kappa shape index (κ1) is 24.2. The molecule has 180 valence electrons. The summed E-state index contributed by atoms with van der Waals surface area (Å²) >= 11 is 0. The second-order valence-corrected chi connectivity index (χ2v) is 8.61. The van der Waals surface area contributed by atoms with Crippen molar-refractivity contribution in [3.8, 4) is 22.5 Å². The van der Waals surface area contributed by atoms with E-state index < -0.39 is 23.3 Å². The standard InChI is InChI=1S/C27H24F4N4/c1-34(2)18-5-7-32-26(12-18)20-10-16(22(28)14-24(20)30)9-17-11-21(25(31)15-23(17)29)27-13-19(35(3)4)6-8-33-27/h5-8,10-15H,9H2,1-4H3. The highest BCUT2D eigenvalue weighted by Gasteiger charge is 2.18. The lowest BCUT2D eigenvalue weighted by molar-refractivity contribution is 0.566. The Morgan fingerprint density at radius 2 is 0.971 bits per heavy atom. The lowest BCUT2D eigenvalue weighted by Gasteiger charge is -2.15. The van der Waals surface area contributed by atoms with Crippen molar-refractivity contribution in [2.75, 3.05) is 38.0 Å². The van der Waals surface area contributed by atoms with Gasteiger partial charge in [0.25, 0.3) is 0 Å². The maximum Gasteiger partial charge on any atom is 0.135 e. The van der Waals surface area contributed by atoms with Gasteiger partial charge < -0.3 is 9.80 Å². The summed E-state index contributed by atoms with van der Waals surface area (Å²) < 4.78 is 58.8. The second-order valence-electron chi connectivity index (χ2n) is 8.61. The Kier molecular flexibility index (Phi) is 6.73. The molecule has 0 N–H and O–H groups in total. The van der Waals surface area contributed by atoms with Gasteiger partial charge in [0.2, 0.25) is 0 Å². The van der Waals surface area contributed by atoms with Crippen LogP contribution >= 0.6 is 0 Å². The largest absolute Gasteiger partial charge is 0.378 e. The van der Waals surface area contributed by atoms with Crippen LogP contribution < -0.4 is 9.80 Å². The van der Waals surface area contributed by atoms with Crippen LogP contribution in [0.25, 0.3) is 22.5 Å². The highest BCUT2D eigenvalue weighted by atomic mass is 19.1. The van der Waals surface area contributed by atoms with E-state index in [9.17, 15) is 17.6 Å². The molecular weight excluding hydrogens is 456 g/mol. The van der Waals surface area contributed by atoms with E-state index in [1.807, 2.05) is 38.0 Å². The summed E-state index contributed by atoms with van der Waals surface area (Å²) in [5, 5.41) is 0. The Morgan fingerprint density at radius 1 is 0.571 bits per heavy atom. The fourth-order valence-electron chi connectivity index (χ4n) is 3.75. The Morgan fingerprint density at radius 3 is 1.34 bits per heavy atom. The van der Waals surface area contributed by atoms with Gasteiger partial charge in [0.05, 0.1) is 11.4 Å². The topological polar surface area (TPSA) is 32.3 Å². The molecule has 0 bridgehead atoms. The molecule has 4 nitrogen and oxygen atoms in total. The molecule has 0 aliphatic rings. The van der Waals surface area contributed by atoms with Gasteiger partial charge >= 0.3 is 0 Å². The van der Waals surface area contributed by atoms with Crippen LogP contribution in [0.1, 0.15) is 11.1 Å². The first-order chi connectivity index (χ1) is 16.6. The summed E-state index contributed by atoms with van der Waals surface area (Å²) in [6, 6.07) is 11.1. The molecule has 2 heterocycles. The highest BCUT2D eigenvalue weighted by Crippen LogP contribution is 2.31. The minimum absolute atomic E-state index is 0.0601. The van der Waals surface area contributed by atoms with E-state index in [1.54, 1.807) is 24.3 Å². The molecule has 0 unspecified atom stereocenters. The van der Waals surface area contributed by atoms with E-state index in [2.05, 4.69) is 9.97 Å². The average molecular weight is 481 g/mol. The molecule has 0 spiro atoms. The first-order valence-electron chi connectivity index (χ1n) is 10.9. The van der Waals surface area contributed by atoms with Gasteiger partial charge in [-0.15, -0.1) is 0 Å². The molecule has 0 fully saturated rings. The number of hydrogen-bond acceptors (Lipinski definition) is 4. The van der Waals surface area contributed by atoms with E-state index >= 15 is 0 Å². The summed E-state index contributed by atoms with van der Waals surface area (Å²) in [6.07, 6.45) is 2.86. The van der Waals surface area contributed by atoms with Gasteiger partial charge in [-0.1, -0.05) is 0 Å². The number of pyridine rings is 2. The molecule has 2 aromatic heterocycles. The van der Waals surface area contributed by atoms with Crippen LogP contribution in [-0.4, -0.2) is 38.2 Å². The maximum absolute atomic E-state index is 14.7. The van der Waals surface area contributed by atoms with Crippen molar-refractivity contribution in [1.29, 1.82) is 0 Å². The third kappa shape index (κ3) is 5.11. The van der Waals surface area contributed by atoms with Crippen LogP contribution in [0.15, 0.2) is 60.9 Å². The maximum atomic E-state index is 14.7. The van der Waals surface area contributed by atoms with Gasteiger partial charge in [-0.25, -0.2) is 17.6 Å². The lowest BCUT2D eigenvalue weighted by atomic mass is 9.97. The molecule has 0 aliphatic heterocycles. The molecule has 0 radical (unpaired) electrons. The zero-order valence-electron chi connectivity index (χ0n) is 19.8. The fraction of sp³-hybridized carbons (Fsp3) is 0.185. The zero-order valence-corrected chi connectivity index (χ0v) is 19.8. The molecule has 0 atom stereocenters. The molecule has 0 saturated heterocycles. The quantitative estimate of drug-likeness (QED) is 0.313. The van der Waals surface area contributed by atoms with Crippen molar-refractivity contribution in [2.24, 2.45) is 0 Å². The molecule has 2 aromatic carbocycles. The molecule has 0 amide bonds. The predicted molar refractivity (Wildman–Crippen MR) is 131 cm³/mol. The van der Waals surface area contributed by atoms with E-state index in [1.165, 1.54) is 24.5 Å². The Balaban J connectivity index is 1.75. The van der Waals surface area contributed by atoms with Crippen LogP contribution in [0.3, 0.4) is 0 Å². The SMILES string of the molecule is CN(C)c1ccnc(-c2cc(Cc3cc(-c4cc(N(C)C)ccn4)c(F)cc3F)c(F)cc2F)c1. The monoisotopic (exact) mass is 480 g/mol. The van der Waals surface area contributed by atoms with E-state index in [0.717, 1.165) is 23.5 Å². The first-order valence-corrected chi connectivity index (χ1v) is 10.9. The smallest absolute Gasteiger partial charge is 0.135 e. The van der Waals surface area contributed by atoms with E-state index in [0.29, 0.717) is 11.4 Å². The highest BCUT2D eigenvalue weighted by molar-refractivity contribution is 5.67. The normalized spacial score (nSPS) is 11.0. The third-order valence-electron chi connectivity index (χ3n) is 5.72. The summed E-state index contributed by atoms with van der Waals surface area (Å²) in [5.74, 6) is -3.21. The van der Waals surface area contributed by atoms with Crippen molar-refractivity contribution in [3.63, 3.8) is 0 Å². The Hall–Kier alpha value is -3.94. The second kappa shape index (κ2) is 9.74. The average Bonchev–Trinajstić information content (AvgIpc) is 2.82. The molecule has 0 aliphatic carbocycles. The minimum atomic E-state index is -0.826. The summed E-state index contributed by atoms with van der Waals surface area (Å²) in [5.41, 5.74) is 2.53. The molecule has 0 saturated carbocycles. The third-order valence-corrected chi connectivity index (χ3v) is 5.72. The van der Waals surface area contributed by atoms with Crippen molar-refractivity contribution in [1.82, 2.24) is 9.97 Å². The van der Waals surface area contributed by atoms with Crippen LogP contribution in [0.5, 0.6) is 0 Å². The number of nitrogens with zero attached hydrogens (tertiary/aromatic N) is 4. The van der Waals surface area contributed by atoms with Crippen LogP contribution in [0, 0.1) is 23.3 Å². The van der Waals surface area contributed by atoms with Crippen molar-refractivity contribution in [2.45, 2.75) is 6.42 Å². The van der Waals surface area contributed by atoms with Gasteiger partial charge in [-0.3, -0.25) is 9.97 Å². The molecular formula is C27H24F4N4. The van der Waals surface area contributed by atoms with E-state index in [4.69, 9.17) is 0 Å². The van der Waals surface area contributed by atoms with Gasteiger partial charge in [-0.2, -0.15) is 0 Å². The van der Waals surface area contributed by atoms with Crippen molar-refractivity contribution < 1.29 is 17.6 Å². The Labute approximate surface area is 201 Å². The van der Waals surface area contributed by atoms with Crippen molar-refractivity contribution >= 4 is 11.4 Å². The van der Waals surface area contributed by atoms with Crippen LogP contribution in [0.2, 0.25) is 0 Å². The fourth-order valence-corrected chi connectivity index (χ4v) is 3.75. The van der Waals surface area contributed by atoms with Crippen LogP contribution in [-0.2, 0) is 6.42 Å². The summed E-state index contributed by atoms with van der Waals surface area (Å²) in [4.78, 5) is 12.1. The number of benzene rings is 2. The van der Waals surface area contributed by atoms with Gasteiger partial charge in [0, 0.05) is 81.6 Å². The molecule has 8 heteroatoms. The van der Waals surface area contributed by atoms with Gasteiger partial charge in [0.1, 0.15) is 23.3 Å². The Bertz CT molecular complexity index is 1280. The molecule has 35 heavy (non-hydrogen) atoms. The summed E-state index contributed by atoms with van der Waals surface area (Å²) in [6.45, 7) is 0. The van der Waals surface area contributed by atoms with Gasteiger partial charge in [0.15, 0.2) is 0 Å². The number of halogens is 4. The number of aromatic nitrogens is 2. The number of hydrogen-bond donors (Lipinski definition) is 0. The number of anilines is 2. The molecule has 4 aromatic rings. The van der Waals surface area contributed by atoms with Crippen molar-refractivity contribution in [3.05, 3.63) is 95.3 Å².